The van der Waals surface area contributed by atoms with E-state index in [2.05, 4.69) is 11.9 Å². The molecule has 0 saturated carbocycles. The van der Waals surface area contributed by atoms with Crippen molar-refractivity contribution in [1.82, 2.24) is 4.57 Å². The van der Waals surface area contributed by atoms with Crippen molar-refractivity contribution >= 4 is 33.4 Å². The lowest BCUT2D eigenvalue weighted by Gasteiger charge is -2.23. The minimum absolute atomic E-state index is 0.0288. The molecule has 0 spiro atoms. The second kappa shape index (κ2) is 8.08. The Hall–Kier alpha value is -3.13. The van der Waals surface area contributed by atoms with Gasteiger partial charge < -0.3 is 18.8 Å². The SMILES string of the molecule is CCc1ccc2c(c1)sc(=NC(=O)C1COc3ccccc3O1)n2CC(=O)OC. The van der Waals surface area contributed by atoms with Gasteiger partial charge >= 0.3 is 5.97 Å². The van der Waals surface area contributed by atoms with Gasteiger partial charge in [0.15, 0.2) is 16.3 Å². The third-order valence-corrected chi connectivity index (χ3v) is 5.70. The van der Waals surface area contributed by atoms with Crippen molar-refractivity contribution in [3.05, 3.63) is 52.8 Å². The summed E-state index contributed by atoms with van der Waals surface area (Å²) in [6, 6.07) is 13.2. The number of aryl methyl sites for hydroxylation is 1. The second-order valence-electron chi connectivity index (χ2n) is 6.52. The van der Waals surface area contributed by atoms with E-state index in [4.69, 9.17) is 14.2 Å². The highest BCUT2D eigenvalue weighted by Crippen LogP contribution is 2.31. The van der Waals surface area contributed by atoms with E-state index in [0.29, 0.717) is 16.3 Å². The lowest BCUT2D eigenvalue weighted by Crippen LogP contribution is -2.37. The van der Waals surface area contributed by atoms with E-state index in [9.17, 15) is 9.59 Å². The van der Waals surface area contributed by atoms with Gasteiger partial charge in [-0.1, -0.05) is 36.5 Å². The smallest absolute Gasteiger partial charge is 0.325 e. The first-order valence-electron chi connectivity index (χ1n) is 9.25. The number of methoxy groups -OCH3 is 1. The Morgan fingerprint density at radius 3 is 2.79 bits per heavy atom. The molecule has 0 fully saturated rings. The van der Waals surface area contributed by atoms with Crippen LogP contribution in [0.25, 0.3) is 10.2 Å². The number of thiazole rings is 1. The average Bonchev–Trinajstić information content (AvgIpc) is 3.08. The molecule has 0 N–H and O–H groups in total. The number of hydrogen-bond acceptors (Lipinski definition) is 6. The third-order valence-electron chi connectivity index (χ3n) is 4.66. The summed E-state index contributed by atoms with van der Waals surface area (Å²) in [5.41, 5.74) is 2.00. The highest BCUT2D eigenvalue weighted by atomic mass is 32.1. The van der Waals surface area contributed by atoms with Crippen molar-refractivity contribution in [2.24, 2.45) is 4.99 Å². The van der Waals surface area contributed by atoms with E-state index in [1.807, 2.05) is 30.3 Å². The number of hydrogen-bond donors (Lipinski definition) is 0. The van der Waals surface area contributed by atoms with Crippen molar-refractivity contribution in [1.29, 1.82) is 0 Å². The van der Waals surface area contributed by atoms with Gasteiger partial charge in [0.2, 0.25) is 6.10 Å². The Balaban J connectivity index is 1.71. The van der Waals surface area contributed by atoms with E-state index < -0.39 is 18.0 Å². The normalized spacial score (nSPS) is 16.1. The standard InChI is InChI=1S/C21H20N2O5S/c1-3-13-8-9-14-18(10-13)29-21(23(14)11-19(24)26-2)22-20(25)17-12-27-15-6-4-5-7-16(15)28-17/h4-10,17H,3,11-12H2,1-2H3. The van der Waals surface area contributed by atoms with E-state index in [-0.39, 0.29) is 13.2 Å². The van der Waals surface area contributed by atoms with Crippen LogP contribution in [0.2, 0.25) is 0 Å². The molecule has 1 atom stereocenters. The Kier molecular flexibility index (Phi) is 5.35. The maximum Gasteiger partial charge on any atom is 0.325 e. The third kappa shape index (κ3) is 3.88. The molecule has 2 heterocycles. The monoisotopic (exact) mass is 412 g/mol. The van der Waals surface area contributed by atoms with E-state index in [0.717, 1.165) is 16.6 Å². The molecule has 1 aromatic heterocycles. The molecule has 1 aliphatic rings. The molecule has 0 saturated heterocycles. The predicted molar refractivity (Wildman–Crippen MR) is 108 cm³/mol. The quantitative estimate of drug-likeness (QED) is 0.616. The number of carbonyl (C=O) groups excluding carboxylic acids is 2. The van der Waals surface area contributed by atoms with Gasteiger partial charge in [-0.05, 0) is 36.2 Å². The maximum absolute atomic E-state index is 12.8. The van der Waals surface area contributed by atoms with Gasteiger partial charge in [-0.25, -0.2) is 0 Å². The summed E-state index contributed by atoms with van der Waals surface area (Å²) < 4.78 is 18.8. The zero-order valence-electron chi connectivity index (χ0n) is 16.1. The van der Waals surface area contributed by atoms with Crippen LogP contribution in [-0.4, -0.2) is 36.3 Å². The Morgan fingerprint density at radius 2 is 2.03 bits per heavy atom. The summed E-state index contributed by atoms with van der Waals surface area (Å²) in [7, 11) is 1.33. The van der Waals surface area contributed by atoms with Crippen LogP contribution in [0.1, 0.15) is 12.5 Å². The molecule has 3 aromatic rings. The largest absolute Gasteiger partial charge is 0.485 e. The Morgan fingerprint density at radius 1 is 1.24 bits per heavy atom. The zero-order valence-corrected chi connectivity index (χ0v) is 16.9. The molecule has 2 aromatic carbocycles. The van der Waals surface area contributed by atoms with Gasteiger partial charge in [0.25, 0.3) is 5.91 Å². The number of fused-ring (bicyclic) bond motifs is 2. The van der Waals surface area contributed by atoms with Gasteiger partial charge in [-0.15, -0.1) is 0 Å². The van der Waals surface area contributed by atoms with Crippen molar-refractivity contribution in [3.8, 4) is 11.5 Å². The Bertz CT molecular complexity index is 1150. The fourth-order valence-electron chi connectivity index (χ4n) is 3.08. The Labute approximate surface area is 171 Å². The first-order chi connectivity index (χ1) is 14.1. The lowest BCUT2D eigenvalue weighted by atomic mass is 10.2. The van der Waals surface area contributed by atoms with E-state index >= 15 is 0 Å². The highest BCUT2D eigenvalue weighted by molar-refractivity contribution is 7.16. The fraction of sp³-hybridized carbons (Fsp3) is 0.286. The van der Waals surface area contributed by atoms with Crippen LogP contribution >= 0.6 is 11.3 Å². The van der Waals surface area contributed by atoms with Crippen molar-refractivity contribution < 1.29 is 23.8 Å². The van der Waals surface area contributed by atoms with Gasteiger partial charge in [0.1, 0.15) is 13.2 Å². The summed E-state index contributed by atoms with van der Waals surface area (Å²) in [4.78, 5) is 29.4. The number of aromatic nitrogens is 1. The van der Waals surface area contributed by atoms with Crippen LogP contribution < -0.4 is 14.3 Å². The molecule has 1 amide bonds. The number of benzene rings is 2. The topological polar surface area (TPSA) is 79.1 Å². The first-order valence-corrected chi connectivity index (χ1v) is 10.1. The minimum atomic E-state index is -0.840. The lowest BCUT2D eigenvalue weighted by molar-refractivity contribution is -0.141. The van der Waals surface area contributed by atoms with Gasteiger partial charge in [0, 0.05) is 0 Å². The molecule has 7 nitrogen and oxygen atoms in total. The summed E-state index contributed by atoms with van der Waals surface area (Å²) in [6.07, 6.45) is 0.0519. The molecular formula is C21H20N2O5S. The number of para-hydroxylation sites is 2. The zero-order chi connectivity index (χ0) is 20.4. The molecule has 1 unspecified atom stereocenters. The van der Waals surface area contributed by atoms with Crippen LogP contribution in [0.5, 0.6) is 11.5 Å². The van der Waals surface area contributed by atoms with Crippen molar-refractivity contribution in [2.45, 2.75) is 26.0 Å². The van der Waals surface area contributed by atoms with Gasteiger partial charge in [0.05, 0.1) is 17.3 Å². The van der Waals surface area contributed by atoms with Crippen molar-refractivity contribution in [2.75, 3.05) is 13.7 Å². The first kappa shape index (κ1) is 19.2. The van der Waals surface area contributed by atoms with Crippen LogP contribution in [0.3, 0.4) is 0 Å². The van der Waals surface area contributed by atoms with Gasteiger partial charge in [-0.2, -0.15) is 4.99 Å². The molecule has 0 radical (unpaired) electrons. The predicted octanol–water partition coefficient (Wildman–Crippen LogP) is 2.71. The maximum atomic E-state index is 12.8. The second-order valence-corrected chi connectivity index (χ2v) is 7.53. The molecule has 8 heteroatoms. The number of nitrogens with zero attached hydrogens (tertiary/aromatic N) is 2. The van der Waals surface area contributed by atoms with Crippen LogP contribution in [0.15, 0.2) is 47.5 Å². The van der Waals surface area contributed by atoms with Gasteiger partial charge in [-0.3, -0.25) is 9.59 Å². The number of amides is 1. The number of esters is 1. The van der Waals surface area contributed by atoms with Crippen molar-refractivity contribution in [3.63, 3.8) is 0 Å². The van der Waals surface area contributed by atoms with E-state index in [1.54, 1.807) is 16.7 Å². The number of ether oxygens (including phenoxy) is 3. The minimum Gasteiger partial charge on any atom is -0.485 e. The molecule has 0 aliphatic carbocycles. The fourth-order valence-corrected chi connectivity index (χ4v) is 4.18. The number of carbonyl (C=O) groups is 2. The summed E-state index contributed by atoms with van der Waals surface area (Å²) in [5, 5.41) is 0. The molecular weight excluding hydrogens is 392 g/mol. The van der Waals surface area contributed by atoms with E-state index in [1.165, 1.54) is 24.0 Å². The summed E-state index contributed by atoms with van der Waals surface area (Å²) in [5.74, 6) is 0.245. The summed E-state index contributed by atoms with van der Waals surface area (Å²) >= 11 is 1.36. The molecule has 150 valence electrons. The molecule has 29 heavy (non-hydrogen) atoms. The average molecular weight is 412 g/mol. The van der Waals surface area contributed by atoms with Crippen LogP contribution in [0, 0.1) is 0 Å². The summed E-state index contributed by atoms with van der Waals surface area (Å²) in [6.45, 7) is 2.13. The molecule has 1 aliphatic heterocycles. The van der Waals surface area contributed by atoms with Crippen LogP contribution in [0.4, 0.5) is 0 Å². The molecule has 0 bridgehead atoms. The number of rotatable bonds is 4. The molecule has 4 rings (SSSR count). The van der Waals surface area contributed by atoms with Crippen LogP contribution in [-0.2, 0) is 27.3 Å². The highest BCUT2D eigenvalue weighted by Gasteiger charge is 2.27.